The lowest BCUT2D eigenvalue weighted by atomic mass is 10.2. The average molecular weight is 437 g/mol. The molecule has 0 amide bonds. The fraction of sp³-hybridized carbons (Fsp3) is 0.300. The number of phenols is 1. The van der Waals surface area contributed by atoms with Crippen molar-refractivity contribution in [1.82, 2.24) is 15.3 Å². The molecular formula is C20H22ClFN4O4. The lowest BCUT2D eigenvalue weighted by Gasteiger charge is -2.14. The predicted octanol–water partition coefficient (Wildman–Crippen LogP) is 3.49. The van der Waals surface area contributed by atoms with Crippen molar-refractivity contribution in [2.75, 3.05) is 45.8 Å². The number of hydrogen-bond acceptors (Lipinski definition) is 8. The third-order valence-electron chi connectivity index (χ3n) is 4.23. The van der Waals surface area contributed by atoms with Crippen molar-refractivity contribution in [1.29, 1.82) is 0 Å². The van der Waals surface area contributed by atoms with E-state index in [0.29, 0.717) is 48.0 Å². The molecule has 0 spiro atoms. The van der Waals surface area contributed by atoms with E-state index in [0.717, 1.165) is 12.6 Å². The Morgan fingerprint density at radius 3 is 2.63 bits per heavy atom. The van der Waals surface area contributed by atoms with Crippen LogP contribution in [0.1, 0.15) is 0 Å². The normalized spacial score (nSPS) is 10.9. The van der Waals surface area contributed by atoms with Gasteiger partial charge in [0.25, 0.3) is 0 Å². The van der Waals surface area contributed by atoms with Gasteiger partial charge < -0.3 is 30.0 Å². The molecule has 1 heterocycles. The summed E-state index contributed by atoms with van der Waals surface area (Å²) >= 11 is 5.73. The molecule has 0 saturated heterocycles. The predicted molar refractivity (Wildman–Crippen MR) is 113 cm³/mol. The smallest absolute Gasteiger partial charge is 0.163 e. The van der Waals surface area contributed by atoms with Crippen molar-refractivity contribution in [2.24, 2.45) is 0 Å². The number of methoxy groups -OCH3 is 2. The molecular weight excluding hydrogens is 415 g/mol. The number of phenolic OH excluding ortho intramolecular Hbond substituents is 1. The van der Waals surface area contributed by atoms with E-state index in [9.17, 15) is 9.50 Å². The van der Waals surface area contributed by atoms with E-state index >= 15 is 0 Å². The highest BCUT2D eigenvalue weighted by Crippen LogP contribution is 2.36. The number of aromatic hydroxyl groups is 1. The lowest BCUT2D eigenvalue weighted by Crippen LogP contribution is -2.24. The van der Waals surface area contributed by atoms with Crippen molar-refractivity contribution in [2.45, 2.75) is 0 Å². The van der Waals surface area contributed by atoms with E-state index in [4.69, 9.17) is 25.8 Å². The van der Waals surface area contributed by atoms with Crippen LogP contribution in [0, 0.1) is 5.82 Å². The van der Waals surface area contributed by atoms with Gasteiger partial charge in [0, 0.05) is 37.7 Å². The minimum Gasteiger partial charge on any atom is -0.506 e. The van der Waals surface area contributed by atoms with Gasteiger partial charge in [-0.05, 0) is 12.1 Å². The molecule has 0 aliphatic heterocycles. The molecule has 0 aliphatic rings. The van der Waals surface area contributed by atoms with Crippen LogP contribution in [0.25, 0.3) is 10.9 Å². The molecule has 3 rings (SSSR count). The molecule has 8 nitrogen and oxygen atoms in total. The summed E-state index contributed by atoms with van der Waals surface area (Å²) in [6, 6.07) is 5.65. The SMILES string of the molecule is COCCNCCOc1cc2ncnc(Nc3cc(O)c(Cl)cc3F)c2cc1OC. The van der Waals surface area contributed by atoms with Gasteiger partial charge in [-0.15, -0.1) is 0 Å². The van der Waals surface area contributed by atoms with Gasteiger partial charge in [0.1, 0.15) is 30.3 Å². The van der Waals surface area contributed by atoms with Crippen molar-refractivity contribution in [3.63, 3.8) is 0 Å². The first-order valence-electron chi connectivity index (χ1n) is 9.13. The minimum atomic E-state index is -0.627. The Bertz CT molecular complexity index is 1020. The Morgan fingerprint density at radius 2 is 1.87 bits per heavy atom. The van der Waals surface area contributed by atoms with E-state index in [1.807, 2.05) is 0 Å². The number of rotatable bonds is 10. The van der Waals surface area contributed by atoms with Crippen LogP contribution in [0.5, 0.6) is 17.2 Å². The van der Waals surface area contributed by atoms with E-state index < -0.39 is 5.82 Å². The number of ether oxygens (including phenoxy) is 3. The van der Waals surface area contributed by atoms with Gasteiger partial charge >= 0.3 is 0 Å². The Balaban J connectivity index is 1.83. The largest absolute Gasteiger partial charge is 0.506 e. The molecule has 1 aromatic heterocycles. The summed E-state index contributed by atoms with van der Waals surface area (Å²) in [5.74, 6) is 0.477. The van der Waals surface area contributed by atoms with Gasteiger partial charge in [-0.25, -0.2) is 14.4 Å². The van der Waals surface area contributed by atoms with Gasteiger partial charge in [-0.2, -0.15) is 0 Å². The maximum Gasteiger partial charge on any atom is 0.163 e. The monoisotopic (exact) mass is 436 g/mol. The highest BCUT2D eigenvalue weighted by molar-refractivity contribution is 6.32. The second kappa shape index (κ2) is 10.2. The fourth-order valence-electron chi connectivity index (χ4n) is 2.73. The number of benzene rings is 2. The first-order chi connectivity index (χ1) is 14.5. The van der Waals surface area contributed by atoms with E-state index in [2.05, 4.69) is 20.6 Å². The summed E-state index contributed by atoms with van der Waals surface area (Å²) in [5.41, 5.74) is 0.604. The molecule has 3 N–H and O–H groups in total. The number of hydrogen-bond donors (Lipinski definition) is 3. The third-order valence-corrected chi connectivity index (χ3v) is 4.53. The number of anilines is 2. The first-order valence-corrected chi connectivity index (χ1v) is 9.51. The molecule has 0 atom stereocenters. The zero-order valence-electron chi connectivity index (χ0n) is 16.5. The van der Waals surface area contributed by atoms with Crippen molar-refractivity contribution < 1.29 is 23.7 Å². The number of fused-ring (bicyclic) bond motifs is 1. The Morgan fingerprint density at radius 1 is 1.07 bits per heavy atom. The molecule has 160 valence electrons. The van der Waals surface area contributed by atoms with Gasteiger partial charge in [0.05, 0.1) is 29.9 Å². The summed E-state index contributed by atoms with van der Waals surface area (Å²) in [6.07, 6.45) is 1.35. The van der Waals surface area contributed by atoms with Gasteiger partial charge in [-0.3, -0.25) is 0 Å². The van der Waals surface area contributed by atoms with Crippen LogP contribution in [0.3, 0.4) is 0 Å². The van der Waals surface area contributed by atoms with Crippen LogP contribution in [0.2, 0.25) is 5.02 Å². The van der Waals surface area contributed by atoms with E-state index in [-0.39, 0.29) is 16.5 Å². The van der Waals surface area contributed by atoms with Crippen molar-refractivity contribution >= 4 is 34.0 Å². The molecule has 0 radical (unpaired) electrons. The zero-order chi connectivity index (χ0) is 21.5. The lowest BCUT2D eigenvalue weighted by molar-refractivity contribution is 0.196. The zero-order valence-corrected chi connectivity index (χ0v) is 17.3. The Kier molecular flexibility index (Phi) is 7.45. The summed E-state index contributed by atoms with van der Waals surface area (Å²) in [6.45, 7) is 2.42. The molecule has 30 heavy (non-hydrogen) atoms. The number of aromatic nitrogens is 2. The van der Waals surface area contributed by atoms with E-state index in [1.165, 1.54) is 19.5 Å². The molecule has 0 saturated carbocycles. The number of nitrogens with zero attached hydrogens (tertiary/aromatic N) is 2. The minimum absolute atomic E-state index is 0.0262. The average Bonchev–Trinajstić information content (AvgIpc) is 2.74. The van der Waals surface area contributed by atoms with Gasteiger partial charge in [0.15, 0.2) is 11.5 Å². The number of nitrogens with one attached hydrogen (secondary N) is 2. The van der Waals surface area contributed by atoms with Crippen LogP contribution in [-0.2, 0) is 4.74 Å². The molecule has 2 aromatic carbocycles. The third kappa shape index (κ3) is 5.18. The quantitative estimate of drug-likeness (QED) is 0.415. The summed E-state index contributed by atoms with van der Waals surface area (Å²) in [7, 11) is 3.17. The molecule has 0 aliphatic carbocycles. The summed E-state index contributed by atoms with van der Waals surface area (Å²) in [5, 5.41) is 16.3. The molecule has 0 unspecified atom stereocenters. The Hall–Kier alpha value is -2.88. The first kappa shape index (κ1) is 21.8. The maximum absolute atomic E-state index is 14.2. The van der Waals surface area contributed by atoms with Crippen LogP contribution in [0.15, 0.2) is 30.6 Å². The maximum atomic E-state index is 14.2. The summed E-state index contributed by atoms with van der Waals surface area (Å²) < 4.78 is 30.4. The topological polar surface area (TPSA) is 97.8 Å². The standard InChI is InChI=1S/C20H22ClFN4O4/c1-28-5-3-23-4-6-30-19-10-15-12(7-18(19)29-2)20(25-11-24-15)26-16-9-17(27)13(21)8-14(16)22/h7-11,23,27H,3-6H2,1-2H3,(H,24,25,26). The van der Waals surface area contributed by atoms with Crippen molar-refractivity contribution in [3.05, 3.63) is 41.4 Å². The highest BCUT2D eigenvalue weighted by Gasteiger charge is 2.14. The van der Waals surface area contributed by atoms with Gasteiger partial charge in [0.2, 0.25) is 0 Å². The van der Waals surface area contributed by atoms with Crippen LogP contribution in [0.4, 0.5) is 15.9 Å². The molecule has 10 heteroatoms. The molecule has 3 aromatic rings. The Labute approximate surface area is 178 Å². The van der Waals surface area contributed by atoms with Crippen LogP contribution >= 0.6 is 11.6 Å². The number of halogens is 2. The fourth-order valence-corrected chi connectivity index (χ4v) is 2.88. The van der Waals surface area contributed by atoms with Crippen molar-refractivity contribution in [3.8, 4) is 17.2 Å². The van der Waals surface area contributed by atoms with Crippen LogP contribution in [-0.4, -0.2) is 55.6 Å². The van der Waals surface area contributed by atoms with Crippen LogP contribution < -0.4 is 20.1 Å². The molecule has 0 fully saturated rings. The summed E-state index contributed by atoms with van der Waals surface area (Å²) in [4.78, 5) is 8.44. The highest BCUT2D eigenvalue weighted by atomic mass is 35.5. The second-order valence-corrected chi connectivity index (χ2v) is 6.65. The second-order valence-electron chi connectivity index (χ2n) is 6.24. The van der Waals surface area contributed by atoms with E-state index in [1.54, 1.807) is 19.2 Å². The molecule has 0 bridgehead atoms. The van der Waals surface area contributed by atoms with Gasteiger partial charge in [-0.1, -0.05) is 11.6 Å².